The average Bonchev–Trinajstić information content (AvgIpc) is 2.64. The minimum atomic E-state index is -0.108. The van der Waals surface area contributed by atoms with E-state index >= 15 is 0 Å². The topological polar surface area (TPSA) is 57.6 Å². The van der Waals surface area contributed by atoms with Crippen LogP contribution in [0.15, 0.2) is 59.5 Å². The third kappa shape index (κ3) is 4.94. The van der Waals surface area contributed by atoms with E-state index in [9.17, 15) is 9.59 Å². The molecule has 0 heterocycles. The number of nitrogens with zero attached hydrogens (tertiary/aromatic N) is 1. The van der Waals surface area contributed by atoms with Crippen LogP contribution in [0, 0.1) is 0 Å². The van der Waals surface area contributed by atoms with Crippen molar-refractivity contribution in [3.8, 4) is 0 Å². The first-order valence-corrected chi connectivity index (χ1v) is 8.85. The Morgan fingerprint density at radius 1 is 1.04 bits per heavy atom. The van der Waals surface area contributed by atoms with Crippen molar-refractivity contribution in [3.63, 3.8) is 0 Å². The minimum absolute atomic E-state index is 0.0560. The van der Waals surface area contributed by atoms with Crippen LogP contribution < -0.4 is 0 Å². The van der Waals surface area contributed by atoms with Crippen molar-refractivity contribution in [3.05, 3.63) is 65.7 Å². The summed E-state index contributed by atoms with van der Waals surface area (Å²) in [6.45, 7) is 2.69. The van der Waals surface area contributed by atoms with Gasteiger partial charge in [-0.1, -0.05) is 36.4 Å². The number of likely N-dealkylation sites (N-methyl/N-ethyl adjacent to an activating group) is 1. The van der Waals surface area contributed by atoms with Gasteiger partial charge in [0.25, 0.3) is 5.91 Å². The molecule has 0 aromatic heterocycles. The molecule has 0 aliphatic rings. The number of thioether (sulfide) groups is 1. The van der Waals surface area contributed by atoms with Gasteiger partial charge < -0.3 is 10.0 Å². The number of hydrogen-bond donors (Lipinski definition) is 1. The molecule has 0 saturated carbocycles. The Morgan fingerprint density at radius 2 is 1.75 bits per heavy atom. The maximum absolute atomic E-state index is 12.4. The quantitative estimate of drug-likeness (QED) is 0.591. The van der Waals surface area contributed by atoms with Crippen LogP contribution in [-0.2, 0) is 0 Å². The molecule has 2 aromatic carbocycles. The van der Waals surface area contributed by atoms with Gasteiger partial charge in [0.1, 0.15) is 0 Å². The molecule has 0 radical (unpaired) electrons. The Bertz CT molecular complexity index is 688. The Morgan fingerprint density at radius 3 is 2.42 bits per heavy atom. The van der Waals surface area contributed by atoms with Gasteiger partial charge in [0.15, 0.2) is 5.78 Å². The van der Waals surface area contributed by atoms with Gasteiger partial charge in [0.05, 0.1) is 12.4 Å². The van der Waals surface area contributed by atoms with E-state index in [0.717, 1.165) is 4.90 Å². The maximum Gasteiger partial charge on any atom is 0.253 e. The molecule has 0 atom stereocenters. The Kier molecular flexibility index (Phi) is 7.03. The summed E-state index contributed by atoms with van der Waals surface area (Å²) in [5.74, 6) is 0.284. The van der Waals surface area contributed by atoms with Crippen molar-refractivity contribution < 1.29 is 14.7 Å². The third-order valence-electron chi connectivity index (χ3n) is 3.59. The highest BCUT2D eigenvalue weighted by molar-refractivity contribution is 8.00. The molecule has 5 heteroatoms. The van der Waals surface area contributed by atoms with Crippen molar-refractivity contribution in [2.45, 2.75) is 11.8 Å². The maximum atomic E-state index is 12.4. The van der Waals surface area contributed by atoms with Crippen LogP contribution in [0.1, 0.15) is 27.6 Å². The summed E-state index contributed by atoms with van der Waals surface area (Å²) in [4.78, 5) is 27.0. The second kappa shape index (κ2) is 9.25. The average molecular weight is 343 g/mol. The predicted molar refractivity (Wildman–Crippen MR) is 96.6 cm³/mol. The van der Waals surface area contributed by atoms with E-state index < -0.39 is 0 Å². The molecule has 4 nitrogen and oxygen atoms in total. The molecule has 0 bridgehead atoms. The first-order chi connectivity index (χ1) is 11.7. The molecule has 2 rings (SSSR count). The van der Waals surface area contributed by atoms with Gasteiger partial charge in [-0.25, -0.2) is 0 Å². The molecular formula is C19H21NO3S. The summed E-state index contributed by atoms with van der Waals surface area (Å²) in [5.41, 5.74) is 1.26. The zero-order valence-electron chi connectivity index (χ0n) is 13.6. The van der Waals surface area contributed by atoms with Crippen LogP contribution in [0.2, 0.25) is 0 Å². The summed E-state index contributed by atoms with van der Waals surface area (Å²) in [6.07, 6.45) is 0. The van der Waals surface area contributed by atoms with Crippen LogP contribution in [-0.4, -0.2) is 47.1 Å². The molecule has 0 aliphatic heterocycles. The Hall–Kier alpha value is -2.11. The van der Waals surface area contributed by atoms with Crippen molar-refractivity contribution in [2.75, 3.05) is 25.4 Å². The molecule has 0 fully saturated rings. The van der Waals surface area contributed by atoms with Crippen LogP contribution in [0.5, 0.6) is 0 Å². The van der Waals surface area contributed by atoms with Crippen LogP contribution in [0.4, 0.5) is 0 Å². The monoisotopic (exact) mass is 343 g/mol. The number of rotatable bonds is 8. The molecule has 0 unspecified atom stereocenters. The lowest BCUT2D eigenvalue weighted by atomic mass is 10.2. The molecular weight excluding hydrogens is 322 g/mol. The zero-order valence-corrected chi connectivity index (χ0v) is 14.5. The molecule has 24 heavy (non-hydrogen) atoms. The van der Waals surface area contributed by atoms with Crippen molar-refractivity contribution >= 4 is 23.5 Å². The molecule has 0 aliphatic carbocycles. The standard InChI is InChI=1S/C19H21NO3S/c1-2-20(11-12-21)19(23)16-9-6-10-17(13-16)24-14-18(22)15-7-4-3-5-8-15/h3-10,13,21H,2,11-12,14H2,1H3. The SMILES string of the molecule is CCN(CCO)C(=O)c1cccc(SCC(=O)c2ccccc2)c1. The molecule has 1 amide bonds. The van der Waals surface area contributed by atoms with Gasteiger partial charge in [-0.05, 0) is 25.1 Å². The van der Waals surface area contributed by atoms with E-state index in [2.05, 4.69) is 0 Å². The van der Waals surface area contributed by atoms with Gasteiger partial charge in [-0.15, -0.1) is 11.8 Å². The van der Waals surface area contributed by atoms with Crippen molar-refractivity contribution in [2.24, 2.45) is 0 Å². The number of Topliss-reactive ketones (excluding diaryl/α,β-unsaturated/α-hetero) is 1. The number of hydrogen-bond acceptors (Lipinski definition) is 4. The first kappa shape index (κ1) is 18.2. The summed E-state index contributed by atoms with van der Waals surface area (Å²) < 4.78 is 0. The predicted octanol–water partition coefficient (Wildman–Crippen LogP) is 3.12. The van der Waals surface area contributed by atoms with Crippen LogP contribution >= 0.6 is 11.8 Å². The highest BCUT2D eigenvalue weighted by Gasteiger charge is 2.14. The van der Waals surface area contributed by atoms with Crippen molar-refractivity contribution in [1.29, 1.82) is 0 Å². The third-order valence-corrected chi connectivity index (χ3v) is 4.58. The van der Waals surface area contributed by atoms with E-state index in [-0.39, 0.29) is 18.3 Å². The fourth-order valence-corrected chi connectivity index (χ4v) is 3.13. The summed E-state index contributed by atoms with van der Waals surface area (Å²) in [7, 11) is 0. The molecule has 2 aromatic rings. The number of amides is 1. The number of carbonyl (C=O) groups excluding carboxylic acids is 2. The number of aliphatic hydroxyl groups is 1. The van der Waals surface area contributed by atoms with E-state index in [1.165, 1.54) is 11.8 Å². The molecule has 1 N–H and O–H groups in total. The number of aliphatic hydroxyl groups excluding tert-OH is 1. The smallest absolute Gasteiger partial charge is 0.253 e. The summed E-state index contributed by atoms with van der Waals surface area (Å²) in [5, 5.41) is 9.04. The van der Waals surface area contributed by atoms with E-state index in [0.29, 0.717) is 30.0 Å². The van der Waals surface area contributed by atoms with Crippen LogP contribution in [0.25, 0.3) is 0 Å². The fraction of sp³-hybridized carbons (Fsp3) is 0.263. The zero-order chi connectivity index (χ0) is 17.4. The number of ketones is 1. The fourth-order valence-electron chi connectivity index (χ4n) is 2.28. The van der Waals surface area contributed by atoms with Crippen LogP contribution in [0.3, 0.4) is 0 Å². The Balaban J connectivity index is 2.02. The Labute approximate surface area is 146 Å². The lowest BCUT2D eigenvalue weighted by molar-refractivity contribution is 0.0731. The van der Waals surface area contributed by atoms with Gasteiger partial charge in [-0.3, -0.25) is 9.59 Å². The normalized spacial score (nSPS) is 10.4. The largest absolute Gasteiger partial charge is 0.395 e. The van der Waals surface area contributed by atoms with Crippen molar-refractivity contribution in [1.82, 2.24) is 4.90 Å². The summed E-state index contributed by atoms with van der Waals surface area (Å²) in [6, 6.07) is 16.4. The first-order valence-electron chi connectivity index (χ1n) is 7.87. The second-order valence-electron chi connectivity index (χ2n) is 5.21. The molecule has 126 valence electrons. The van der Waals surface area contributed by atoms with Gasteiger partial charge in [0, 0.05) is 29.1 Å². The molecule has 0 spiro atoms. The second-order valence-corrected chi connectivity index (χ2v) is 6.26. The highest BCUT2D eigenvalue weighted by Crippen LogP contribution is 2.21. The summed E-state index contributed by atoms with van der Waals surface area (Å²) >= 11 is 1.42. The van der Waals surface area contributed by atoms with Gasteiger partial charge in [-0.2, -0.15) is 0 Å². The van der Waals surface area contributed by atoms with E-state index in [1.807, 2.05) is 37.3 Å². The number of benzene rings is 2. The highest BCUT2D eigenvalue weighted by atomic mass is 32.2. The lowest BCUT2D eigenvalue weighted by Gasteiger charge is -2.19. The lowest BCUT2D eigenvalue weighted by Crippen LogP contribution is -2.33. The minimum Gasteiger partial charge on any atom is -0.395 e. The van der Waals surface area contributed by atoms with Gasteiger partial charge in [0.2, 0.25) is 0 Å². The molecule has 0 saturated heterocycles. The van der Waals surface area contributed by atoms with E-state index in [1.54, 1.807) is 29.2 Å². The van der Waals surface area contributed by atoms with Gasteiger partial charge >= 0.3 is 0 Å². The number of carbonyl (C=O) groups is 2. The van der Waals surface area contributed by atoms with E-state index in [4.69, 9.17) is 5.11 Å².